The molecule has 0 aliphatic heterocycles. The minimum atomic E-state index is -0.851. The second-order valence-corrected chi connectivity index (χ2v) is 9.94. The summed E-state index contributed by atoms with van der Waals surface area (Å²) in [4.78, 5) is 24.0. The van der Waals surface area contributed by atoms with Gasteiger partial charge in [-0.2, -0.15) is 0 Å². The molecule has 29 heavy (non-hydrogen) atoms. The normalized spacial score (nSPS) is 34.6. The first-order chi connectivity index (χ1) is 13.5. The maximum Gasteiger partial charge on any atom is 0.303 e. The molecule has 2 aliphatic rings. The Balaban J connectivity index is 1.98. The summed E-state index contributed by atoms with van der Waals surface area (Å²) in [6, 6.07) is 3.22. The third-order valence-corrected chi connectivity index (χ3v) is 8.28. The Labute approximate surface area is 173 Å². The van der Waals surface area contributed by atoms with Crippen LogP contribution in [0.15, 0.2) is 12.1 Å². The van der Waals surface area contributed by atoms with E-state index in [1.807, 2.05) is 0 Å². The van der Waals surface area contributed by atoms with Crippen LogP contribution < -0.4 is 0 Å². The molecule has 0 saturated heterocycles. The zero-order valence-electron chi connectivity index (χ0n) is 18.0. The van der Waals surface area contributed by atoms with E-state index in [1.165, 1.54) is 0 Å². The Morgan fingerprint density at radius 2 is 1.90 bits per heavy atom. The largest absolute Gasteiger partial charge is 0.508 e. The van der Waals surface area contributed by atoms with Gasteiger partial charge >= 0.3 is 5.97 Å². The lowest BCUT2D eigenvalue weighted by molar-refractivity contribution is -0.152. The van der Waals surface area contributed by atoms with Crippen molar-refractivity contribution in [2.45, 2.75) is 72.6 Å². The summed E-state index contributed by atoms with van der Waals surface area (Å²) in [7, 11) is 0. The first-order valence-corrected chi connectivity index (χ1v) is 10.7. The molecule has 1 aromatic carbocycles. The summed E-state index contributed by atoms with van der Waals surface area (Å²) >= 11 is 0. The van der Waals surface area contributed by atoms with Crippen molar-refractivity contribution in [3.8, 4) is 11.5 Å². The lowest BCUT2D eigenvalue weighted by Crippen LogP contribution is -2.56. The first-order valence-electron chi connectivity index (χ1n) is 10.7. The standard InChI is InChI=1S/C24H34O5/c1-14-11-17(25)12-16(22(14)29)13-24(4)15(2)9-10-23(3)18(5-8-21(27)28)19(26)6-7-20(23)24/h11-12,15,18,20,25,29H,5-10,13H2,1-4H3,(H,27,28)/t15-,18+,20-,23-,24-/m0/s1. The lowest BCUT2D eigenvalue weighted by atomic mass is 9.44. The van der Waals surface area contributed by atoms with Gasteiger partial charge in [0.1, 0.15) is 17.3 Å². The number of carboxylic acid groups (broad SMARTS) is 1. The van der Waals surface area contributed by atoms with Crippen molar-refractivity contribution in [2.24, 2.45) is 28.6 Å². The molecule has 2 saturated carbocycles. The molecule has 5 nitrogen and oxygen atoms in total. The number of hydrogen-bond acceptors (Lipinski definition) is 4. The average Bonchev–Trinajstić information content (AvgIpc) is 2.62. The molecule has 0 bridgehead atoms. The van der Waals surface area contributed by atoms with E-state index in [9.17, 15) is 19.8 Å². The first kappa shape index (κ1) is 21.7. The van der Waals surface area contributed by atoms with Gasteiger partial charge in [0.2, 0.25) is 0 Å². The number of benzene rings is 1. The Bertz CT molecular complexity index is 816. The maximum absolute atomic E-state index is 12.8. The summed E-state index contributed by atoms with van der Waals surface area (Å²) in [5.74, 6) is 0.187. The number of Topliss-reactive ketones (excluding diaryl/α,β-unsaturated/α-hetero) is 1. The van der Waals surface area contributed by atoms with Crippen molar-refractivity contribution in [2.75, 3.05) is 0 Å². The molecular weight excluding hydrogens is 368 g/mol. The molecule has 5 heteroatoms. The number of phenols is 2. The minimum Gasteiger partial charge on any atom is -0.508 e. The van der Waals surface area contributed by atoms with Crippen LogP contribution >= 0.6 is 0 Å². The van der Waals surface area contributed by atoms with Gasteiger partial charge in [-0.25, -0.2) is 0 Å². The Hall–Kier alpha value is -2.04. The fourth-order valence-electron chi connectivity index (χ4n) is 6.47. The predicted molar refractivity (Wildman–Crippen MR) is 111 cm³/mol. The number of hydrogen-bond donors (Lipinski definition) is 3. The summed E-state index contributed by atoms with van der Waals surface area (Å²) in [5, 5.41) is 29.9. The van der Waals surface area contributed by atoms with Crippen molar-refractivity contribution in [1.82, 2.24) is 0 Å². The second-order valence-electron chi connectivity index (χ2n) is 9.94. The highest BCUT2D eigenvalue weighted by molar-refractivity contribution is 5.83. The highest BCUT2D eigenvalue weighted by Gasteiger charge is 2.58. The van der Waals surface area contributed by atoms with E-state index in [2.05, 4.69) is 20.8 Å². The van der Waals surface area contributed by atoms with E-state index in [0.717, 1.165) is 24.8 Å². The van der Waals surface area contributed by atoms with Crippen LogP contribution in [0.4, 0.5) is 0 Å². The lowest BCUT2D eigenvalue weighted by Gasteiger charge is -2.60. The van der Waals surface area contributed by atoms with E-state index < -0.39 is 5.97 Å². The highest BCUT2D eigenvalue weighted by atomic mass is 16.4. The van der Waals surface area contributed by atoms with E-state index in [-0.39, 0.29) is 46.4 Å². The fraction of sp³-hybridized carbons (Fsp3) is 0.667. The van der Waals surface area contributed by atoms with Crippen LogP contribution in [0.1, 0.15) is 70.4 Å². The molecule has 0 spiro atoms. The molecule has 2 aliphatic carbocycles. The van der Waals surface area contributed by atoms with Crippen LogP contribution in [0.5, 0.6) is 11.5 Å². The quantitative estimate of drug-likeness (QED) is 0.612. The smallest absolute Gasteiger partial charge is 0.303 e. The van der Waals surface area contributed by atoms with Gasteiger partial charge in [-0.15, -0.1) is 0 Å². The van der Waals surface area contributed by atoms with Crippen LogP contribution in [0.25, 0.3) is 0 Å². The maximum atomic E-state index is 12.8. The molecular formula is C24H34O5. The van der Waals surface area contributed by atoms with Crippen LogP contribution in [0, 0.1) is 35.5 Å². The SMILES string of the molecule is Cc1cc(O)cc(C[C@]2(C)[C@H]3CCC(=O)[C@@H](CCC(=O)O)[C@]3(C)CC[C@@H]2C)c1O. The Morgan fingerprint density at radius 1 is 1.21 bits per heavy atom. The zero-order chi connectivity index (χ0) is 21.6. The molecule has 0 aromatic heterocycles. The molecule has 0 unspecified atom stereocenters. The van der Waals surface area contributed by atoms with Gasteiger partial charge in [-0.05, 0) is 85.0 Å². The van der Waals surface area contributed by atoms with Crippen LogP contribution in [0.2, 0.25) is 0 Å². The predicted octanol–water partition coefficient (Wildman–Crippen LogP) is 4.85. The molecule has 1 aromatic rings. The second kappa shape index (κ2) is 7.66. The number of carbonyl (C=O) groups is 2. The van der Waals surface area contributed by atoms with E-state index >= 15 is 0 Å². The molecule has 3 rings (SSSR count). The van der Waals surface area contributed by atoms with Gasteiger partial charge in [0, 0.05) is 18.8 Å². The Kier molecular flexibility index (Phi) is 5.72. The van der Waals surface area contributed by atoms with Crippen molar-refractivity contribution in [3.63, 3.8) is 0 Å². The number of aryl methyl sites for hydroxylation is 1. The van der Waals surface area contributed by atoms with Crippen LogP contribution in [-0.4, -0.2) is 27.1 Å². The van der Waals surface area contributed by atoms with Gasteiger partial charge < -0.3 is 15.3 Å². The number of rotatable bonds is 5. The molecule has 0 radical (unpaired) electrons. The topological polar surface area (TPSA) is 94.8 Å². The van der Waals surface area contributed by atoms with Crippen molar-refractivity contribution < 1.29 is 24.9 Å². The summed E-state index contributed by atoms with van der Waals surface area (Å²) in [5.41, 5.74) is 1.04. The highest BCUT2D eigenvalue weighted by Crippen LogP contribution is 2.63. The van der Waals surface area contributed by atoms with Gasteiger partial charge in [0.15, 0.2) is 0 Å². The van der Waals surface area contributed by atoms with Gasteiger partial charge in [0.25, 0.3) is 0 Å². The summed E-state index contributed by atoms with van der Waals surface area (Å²) < 4.78 is 0. The van der Waals surface area contributed by atoms with Crippen molar-refractivity contribution >= 4 is 11.8 Å². The Morgan fingerprint density at radius 3 is 2.55 bits per heavy atom. The molecule has 0 heterocycles. The van der Waals surface area contributed by atoms with Gasteiger partial charge in [-0.3, -0.25) is 9.59 Å². The summed E-state index contributed by atoms with van der Waals surface area (Å²) in [6.45, 7) is 8.47. The summed E-state index contributed by atoms with van der Waals surface area (Å²) in [6.07, 6.45) is 4.26. The molecule has 160 valence electrons. The van der Waals surface area contributed by atoms with Crippen LogP contribution in [-0.2, 0) is 16.0 Å². The van der Waals surface area contributed by atoms with Crippen molar-refractivity contribution in [1.29, 1.82) is 0 Å². The molecule has 3 N–H and O–H groups in total. The number of ketones is 1. The van der Waals surface area contributed by atoms with E-state index in [1.54, 1.807) is 19.1 Å². The zero-order valence-corrected chi connectivity index (χ0v) is 18.0. The third kappa shape index (κ3) is 3.76. The number of aromatic hydroxyl groups is 2. The number of aliphatic carboxylic acids is 1. The number of carbonyl (C=O) groups excluding carboxylic acids is 1. The van der Waals surface area contributed by atoms with E-state index in [4.69, 9.17) is 5.11 Å². The number of fused-ring (bicyclic) bond motifs is 1. The molecule has 0 amide bonds. The van der Waals surface area contributed by atoms with Gasteiger partial charge in [0.05, 0.1) is 0 Å². The number of carboxylic acids is 1. The molecule has 5 atom stereocenters. The average molecular weight is 403 g/mol. The van der Waals surface area contributed by atoms with Gasteiger partial charge in [-0.1, -0.05) is 20.8 Å². The van der Waals surface area contributed by atoms with Crippen LogP contribution in [0.3, 0.4) is 0 Å². The number of phenolic OH excluding ortho intramolecular Hbond substituents is 2. The van der Waals surface area contributed by atoms with Crippen molar-refractivity contribution in [3.05, 3.63) is 23.3 Å². The van der Waals surface area contributed by atoms with E-state index in [0.29, 0.717) is 30.7 Å². The minimum absolute atomic E-state index is 0.0253. The third-order valence-electron chi connectivity index (χ3n) is 8.28. The fourth-order valence-corrected chi connectivity index (χ4v) is 6.47. The monoisotopic (exact) mass is 402 g/mol. The molecule has 2 fully saturated rings.